The van der Waals surface area contributed by atoms with Crippen molar-refractivity contribution in [2.75, 3.05) is 32.5 Å². The fraction of sp³-hybridized carbons (Fsp3) is 0.263. The number of phenols is 1. The van der Waals surface area contributed by atoms with Gasteiger partial charge >= 0.3 is 6.03 Å². The third-order valence-corrected chi connectivity index (χ3v) is 3.65. The first kappa shape index (κ1) is 18.3. The van der Waals surface area contributed by atoms with Gasteiger partial charge in [-0.25, -0.2) is 4.79 Å². The maximum Gasteiger partial charge on any atom is 0.322 e. The quantitative estimate of drug-likeness (QED) is 0.849. The molecule has 0 fully saturated rings. The predicted molar refractivity (Wildman–Crippen MR) is 97.2 cm³/mol. The largest absolute Gasteiger partial charge is 0.508 e. The molecule has 25 heavy (non-hydrogen) atoms. The number of phenolic OH excluding ortho intramolecular Hbond substituents is 1. The summed E-state index contributed by atoms with van der Waals surface area (Å²) in [6.07, 6.45) is 0. The van der Waals surface area contributed by atoms with Crippen LogP contribution in [0.1, 0.15) is 11.1 Å². The second-order valence-corrected chi connectivity index (χ2v) is 6.01. The van der Waals surface area contributed by atoms with Gasteiger partial charge in [-0.05, 0) is 56.1 Å². The van der Waals surface area contributed by atoms with Crippen LogP contribution in [0.25, 0.3) is 0 Å². The van der Waals surface area contributed by atoms with Gasteiger partial charge in [0.2, 0.25) is 0 Å². The molecule has 130 valence electrons. The van der Waals surface area contributed by atoms with Crippen molar-refractivity contribution in [3.8, 4) is 11.8 Å². The molecule has 0 saturated heterocycles. The van der Waals surface area contributed by atoms with Crippen molar-refractivity contribution < 1.29 is 9.90 Å². The van der Waals surface area contributed by atoms with Crippen LogP contribution in [0, 0.1) is 11.3 Å². The fourth-order valence-corrected chi connectivity index (χ4v) is 2.28. The molecule has 0 aromatic heterocycles. The molecule has 2 aromatic carbocycles. The van der Waals surface area contributed by atoms with Crippen LogP contribution in [-0.4, -0.2) is 48.1 Å². The predicted octanol–water partition coefficient (Wildman–Crippen LogP) is 2.86. The highest BCUT2D eigenvalue weighted by Gasteiger charge is 2.15. The molecular formula is C19H22N4O2. The van der Waals surface area contributed by atoms with Crippen LogP contribution in [0.4, 0.5) is 10.5 Å². The number of carbonyl (C=O) groups is 1. The number of carbonyl (C=O) groups excluding carboxylic acids is 1. The zero-order valence-corrected chi connectivity index (χ0v) is 14.4. The van der Waals surface area contributed by atoms with Crippen molar-refractivity contribution in [1.82, 2.24) is 9.80 Å². The lowest BCUT2D eigenvalue weighted by molar-refractivity contribution is 0.202. The van der Waals surface area contributed by atoms with Crippen LogP contribution in [0.2, 0.25) is 0 Å². The Morgan fingerprint density at radius 1 is 1.16 bits per heavy atom. The number of likely N-dealkylation sites (N-methyl/N-ethyl adjacent to an activating group) is 1. The van der Waals surface area contributed by atoms with Gasteiger partial charge in [0.1, 0.15) is 5.75 Å². The van der Waals surface area contributed by atoms with Gasteiger partial charge in [0.25, 0.3) is 0 Å². The Morgan fingerprint density at radius 2 is 1.88 bits per heavy atom. The molecule has 0 saturated carbocycles. The Kier molecular flexibility index (Phi) is 6.38. The molecule has 0 unspecified atom stereocenters. The van der Waals surface area contributed by atoms with Gasteiger partial charge in [-0.15, -0.1) is 0 Å². The van der Waals surface area contributed by atoms with Crippen LogP contribution in [0.5, 0.6) is 5.75 Å². The monoisotopic (exact) mass is 338 g/mol. The molecule has 0 heterocycles. The molecule has 2 rings (SSSR count). The smallest absolute Gasteiger partial charge is 0.322 e. The number of anilines is 1. The summed E-state index contributed by atoms with van der Waals surface area (Å²) in [5.74, 6) is 0.178. The lowest BCUT2D eigenvalue weighted by Crippen LogP contribution is -2.39. The van der Waals surface area contributed by atoms with Crippen LogP contribution < -0.4 is 5.32 Å². The van der Waals surface area contributed by atoms with Crippen molar-refractivity contribution >= 4 is 11.7 Å². The summed E-state index contributed by atoms with van der Waals surface area (Å²) in [4.78, 5) is 16.3. The highest BCUT2D eigenvalue weighted by molar-refractivity contribution is 5.89. The number of urea groups is 1. The zero-order valence-electron chi connectivity index (χ0n) is 14.4. The SMILES string of the molecule is CN(C)CCN(Cc1cccc(O)c1)C(=O)Nc1ccc(C#N)cc1. The summed E-state index contributed by atoms with van der Waals surface area (Å²) in [6.45, 7) is 1.66. The average molecular weight is 338 g/mol. The molecule has 2 amide bonds. The van der Waals surface area contributed by atoms with Gasteiger partial charge in [0.15, 0.2) is 0 Å². The summed E-state index contributed by atoms with van der Waals surface area (Å²) in [5.41, 5.74) is 2.03. The van der Waals surface area contributed by atoms with Gasteiger partial charge < -0.3 is 20.2 Å². The maximum absolute atomic E-state index is 12.6. The van der Waals surface area contributed by atoms with Crippen LogP contribution in [0.3, 0.4) is 0 Å². The fourth-order valence-electron chi connectivity index (χ4n) is 2.28. The van der Waals surface area contributed by atoms with Crippen molar-refractivity contribution in [1.29, 1.82) is 5.26 Å². The van der Waals surface area contributed by atoms with E-state index in [9.17, 15) is 9.90 Å². The summed E-state index contributed by atoms with van der Waals surface area (Å²) in [6, 6.07) is 15.4. The molecule has 2 aromatic rings. The number of amides is 2. The molecule has 0 aliphatic heterocycles. The van der Waals surface area contributed by atoms with Gasteiger partial charge in [-0.2, -0.15) is 5.26 Å². The molecule has 0 aliphatic rings. The Hall–Kier alpha value is -3.04. The van der Waals surface area contributed by atoms with Crippen molar-refractivity contribution in [2.45, 2.75) is 6.54 Å². The second-order valence-electron chi connectivity index (χ2n) is 6.01. The van der Waals surface area contributed by atoms with E-state index >= 15 is 0 Å². The van der Waals surface area contributed by atoms with Crippen LogP contribution >= 0.6 is 0 Å². The average Bonchev–Trinajstić information content (AvgIpc) is 2.59. The maximum atomic E-state index is 12.6. The number of rotatable bonds is 6. The lowest BCUT2D eigenvalue weighted by atomic mass is 10.2. The molecule has 0 radical (unpaired) electrons. The first-order valence-electron chi connectivity index (χ1n) is 7.96. The van der Waals surface area contributed by atoms with E-state index < -0.39 is 0 Å². The number of hydrogen-bond donors (Lipinski definition) is 2. The van der Waals surface area contributed by atoms with Crippen LogP contribution in [0.15, 0.2) is 48.5 Å². The first-order chi connectivity index (χ1) is 12.0. The Bertz CT molecular complexity index is 751. The summed E-state index contributed by atoms with van der Waals surface area (Å²) >= 11 is 0. The number of hydrogen-bond acceptors (Lipinski definition) is 4. The van der Waals surface area contributed by atoms with Crippen molar-refractivity contribution in [3.63, 3.8) is 0 Å². The molecule has 6 heteroatoms. The molecule has 0 bridgehead atoms. The summed E-state index contributed by atoms with van der Waals surface area (Å²) < 4.78 is 0. The van der Waals surface area contributed by atoms with E-state index in [1.54, 1.807) is 47.4 Å². The molecule has 0 atom stereocenters. The van der Waals surface area contributed by atoms with E-state index in [0.29, 0.717) is 24.3 Å². The number of nitriles is 1. The molecule has 0 aliphatic carbocycles. The minimum Gasteiger partial charge on any atom is -0.508 e. The summed E-state index contributed by atoms with van der Waals surface area (Å²) in [7, 11) is 3.90. The standard InChI is InChI=1S/C19H22N4O2/c1-22(2)10-11-23(14-16-4-3-5-18(24)12-16)19(25)21-17-8-6-15(13-20)7-9-17/h3-9,12,24H,10-11,14H2,1-2H3,(H,21,25). The van der Waals surface area contributed by atoms with E-state index in [1.807, 2.05) is 31.1 Å². The Labute approximate surface area is 147 Å². The van der Waals surface area contributed by atoms with E-state index in [-0.39, 0.29) is 11.8 Å². The molecule has 0 spiro atoms. The van der Waals surface area contributed by atoms with E-state index in [0.717, 1.165) is 12.1 Å². The third kappa shape index (κ3) is 5.83. The van der Waals surface area contributed by atoms with Gasteiger partial charge in [-0.1, -0.05) is 12.1 Å². The normalized spacial score (nSPS) is 10.3. The highest BCUT2D eigenvalue weighted by atomic mass is 16.3. The third-order valence-electron chi connectivity index (χ3n) is 3.65. The van der Waals surface area contributed by atoms with Crippen molar-refractivity contribution in [3.05, 3.63) is 59.7 Å². The van der Waals surface area contributed by atoms with Gasteiger partial charge in [-0.3, -0.25) is 0 Å². The minimum atomic E-state index is -0.227. The number of nitrogens with zero attached hydrogens (tertiary/aromatic N) is 3. The second kappa shape index (κ2) is 8.71. The van der Waals surface area contributed by atoms with Crippen LogP contribution in [-0.2, 0) is 6.54 Å². The first-order valence-corrected chi connectivity index (χ1v) is 7.96. The minimum absolute atomic E-state index is 0.178. The van der Waals surface area contributed by atoms with E-state index in [1.165, 1.54) is 0 Å². The zero-order chi connectivity index (χ0) is 18.2. The van der Waals surface area contributed by atoms with Crippen molar-refractivity contribution in [2.24, 2.45) is 0 Å². The molecule has 2 N–H and O–H groups in total. The Balaban J connectivity index is 2.09. The molecular weight excluding hydrogens is 316 g/mol. The summed E-state index contributed by atoms with van der Waals surface area (Å²) in [5, 5.41) is 21.3. The number of nitrogens with one attached hydrogen (secondary N) is 1. The lowest BCUT2D eigenvalue weighted by Gasteiger charge is -2.25. The van der Waals surface area contributed by atoms with Gasteiger partial charge in [0.05, 0.1) is 11.6 Å². The molecule has 6 nitrogen and oxygen atoms in total. The number of aromatic hydroxyl groups is 1. The Morgan fingerprint density at radius 3 is 2.48 bits per heavy atom. The van der Waals surface area contributed by atoms with E-state index in [2.05, 4.69) is 5.32 Å². The van der Waals surface area contributed by atoms with E-state index in [4.69, 9.17) is 5.26 Å². The topological polar surface area (TPSA) is 79.6 Å². The highest BCUT2D eigenvalue weighted by Crippen LogP contribution is 2.15. The van der Waals surface area contributed by atoms with Gasteiger partial charge in [0, 0.05) is 25.3 Å². The number of benzene rings is 2.